The number of rotatable bonds is 6. The molecule has 1 atom stereocenters. The Kier molecular flexibility index (Phi) is 6.10. The number of nitrogens with zero attached hydrogens (tertiary/aromatic N) is 5. The number of pyridine rings is 1. The third kappa shape index (κ3) is 4.64. The summed E-state index contributed by atoms with van der Waals surface area (Å²) in [4.78, 5) is 11.6. The van der Waals surface area contributed by atoms with Gasteiger partial charge in [0.25, 0.3) is 0 Å². The van der Waals surface area contributed by atoms with E-state index in [4.69, 9.17) is 24.4 Å². The second-order valence-electron chi connectivity index (χ2n) is 8.32. The number of hydrogen-bond donors (Lipinski definition) is 1. The van der Waals surface area contributed by atoms with Crippen molar-refractivity contribution in [1.29, 1.82) is 0 Å². The summed E-state index contributed by atoms with van der Waals surface area (Å²) >= 11 is 6.04. The third-order valence-corrected chi connectivity index (χ3v) is 6.21. The number of hydrogen-bond acceptors (Lipinski definition) is 5. The summed E-state index contributed by atoms with van der Waals surface area (Å²) in [6.45, 7) is 3.61. The van der Waals surface area contributed by atoms with E-state index in [1.54, 1.807) is 16.9 Å². The molecule has 1 N–H and O–H groups in total. The van der Waals surface area contributed by atoms with Crippen LogP contribution in [0, 0.1) is 0 Å². The number of anilines is 1. The highest BCUT2D eigenvalue weighted by atomic mass is 35.5. The summed E-state index contributed by atoms with van der Waals surface area (Å²) in [5.41, 5.74) is 4.72. The van der Waals surface area contributed by atoms with Crippen LogP contribution in [0.1, 0.15) is 35.6 Å². The molecule has 160 valence electrons. The minimum Gasteiger partial charge on any atom is -0.366 e. The number of piperidine rings is 1. The molecule has 2 radical (unpaired) electrons. The SMILES string of the molecule is [B]c1cnn2c(NCc3cccnc3)cc(C3CCCN(Cc4ccc(Cl)cc4)C3)nc12. The highest BCUT2D eigenvalue weighted by Gasteiger charge is 2.24. The second kappa shape index (κ2) is 9.31. The molecule has 1 aliphatic rings. The molecule has 0 bridgehead atoms. The monoisotopic (exact) mass is 442 g/mol. The van der Waals surface area contributed by atoms with Crippen LogP contribution >= 0.6 is 11.6 Å². The first-order chi connectivity index (χ1) is 15.7. The topological polar surface area (TPSA) is 58.4 Å². The number of nitrogens with one attached hydrogen (secondary N) is 1. The van der Waals surface area contributed by atoms with Crippen LogP contribution in [-0.4, -0.2) is 45.4 Å². The van der Waals surface area contributed by atoms with Crippen molar-refractivity contribution in [3.63, 3.8) is 0 Å². The fourth-order valence-electron chi connectivity index (χ4n) is 4.32. The molecule has 4 aromatic rings. The van der Waals surface area contributed by atoms with Crippen LogP contribution in [0.4, 0.5) is 5.82 Å². The van der Waals surface area contributed by atoms with E-state index in [1.807, 2.05) is 30.5 Å². The van der Waals surface area contributed by atoms with Crippen LogP contribution in [0.25, 0.3) is 5.65 Å². The zero-order valence-electron chi connectivity index (χ0n) is 17.8. The summed E-state index contributed by atoms with van der Waals surface area (Å²) in [7, 11) is 6.19. The van der Waals surface area contributed by atoms with Gasteiger partial charge in [-0.2, -0.15) is 9.61 Å². The lowest BCUT2D eigenvalue weighted by molar-refractivity contribution is 0.198. The number of halogens is 1. The summed E-state index contributed by atoms with van der Waals surface area (Å²) in [5.74, 6) is 1.23. The van der Waals surface area contributed by atoms with Gasteiger partial charge < -0.3 is 5.32 Å². The van der Waals surface area contributed by atoms with Gasteiger partial charge in [-0.1, -0.05) is 29.8 Å². The number of fused-ring (bicyclic) bond motifs is 1. The van der Waals surface area contributed by atoms with Crippen LogP contribution in [0.15, 0.2) is 61.1 Å². The molecule has 5 rings (SSSR count). The average Bonchev–Trinajstić information content (AvgIpc) is 3.21. The molecule has 3 aromatic heterocycles. The predicted octanol–water partition coefficient (Wildman–Crippen LogP) is 3.56. The molecule has 0 aliphatic carbocycles. The average molecular weight is 443 g/mol. The molecular formula is C24H24BClN6. The molecule has 8 heteroatoms. The van der Waals surface area contributed by atoms with E-state index in [0.29, 0.717) is 23.6 Å². The maximum Gasteiger partial charge on any atom is 0.150 e. The van der Waals surface area contributed by atoms with Crippen molar-refractivity contribution in [1.82, 2.24) is 24.5 Å². The molecule has 1 fully saturated rings. The van der Waals surface area contributed by atoms with Gasteiger partial charge in [-0.05, 0) is 54.2 Å². The Balaban J connectivity index is 1.37. The van der Waals surface area contributed by atoms with E-state index in [2.05, 4.69) is 38.5 Å². The number of likely N-dealkylation sites (tertiary alicyclic amines) is 1. The summed E-state index contributed by atoms with van der Waals surface area (Å²) in [6, 6.07) is 14.2. The number of aromatic nitrogens is 4. The first kappa shape index (κ1) is 21.0. The van der Waals surface area contributed by atoms with Gasteiger partial charge in [0.2, 0.25) is 0 Å². The Morgan fingerprint density at radius 2 is 2.00 bits per heavy atom. The highest BCUT2D eigenvalue weighted by Crippen LogP contribution is 2.29. The Morgan fingerprint density at radius 3 is 2.81 bits per heavy atom. The maximum atomic E-state index is 6.19. The van der Waals surface area contributed by atoms with Gasteiger partial charge in [0.05, 0.1) is 5.69 Å². The normalized spacial score (nSPS) is 17.0. The van der Waals surface area contributed by atoms with Crippen molar-refractivity contribution in [2.45, 2.75) is 31.8 Å². The van der Waals surface area contributed by atoms with E-state index in [1.165, 1.54) is 5.56 Å². The maximum absolute atomic E-state index is 6.19. The van der Waals surface area contributed by atoms with Gasteiger partial charge in [-0.3, -0.25) is 9.88 Å². The number of benzene rings is 1. The molecular weight excluding hydrogens is 419 g/mol. The van der Waals surface area contributed by atoms with Crippen LogP contribution < -0.4 is 10.8 Å². The molecule has 0 amide bonds. The van der Waals surface area contributed by atoms with Crippen LogP contribution in [0.2, 0.25) is 5.02 Å². The second-order valence-corrected chi connectivity index (χ2v) is 8.75. The molecule has 32 heavy (non-hydrogen) atoms. The minimum atomic E-state index is 0.342. The van der Waals surface area contributed by atoms with Gasteiger partial charge in [0.1, 0.15) is 13.7 Å². The van der Waals surface area contributed by atoms with Crippen LogP contribution in [0.5, 0.6) is 0 Å². The van der Waals surface area contributed by atoms with E-state index in [9.17, 15) is 0 Å². The van der Waals surface area contributed by atoms with Crippen LogP contribution in [-0.2, 0) is 13.1 Å². The Hall–Kier alpha value is -2.90. The standard InChI is InChI=1S/C24H24BClN6/c25-21-14-29-32-23(28-13-18-3-1-9-27-12-18)11-22(30-24(21)32)19-4-2-10-31(16-19)15-17-5-7-20(26)8-6-17/h1,3,5-9,11-12,14,19,28H,2,4,10,13,15-16H2. The van der Waals surface area contributed by atoms with Crippen molar-refractivity contribution < 1.29 is 0 Å². The lowest BCUT2D eigenvalue weighted by Crippen LogP contribution is -2.34. The molecule has 1 saturated heterocycles. The van der Waals surface area contributed by atoms with Gasteiger partial charge in [-0.25, -0.2) is 4.98 Å². The summed E-state index contributed by atoms with van der Waals surface area (Å²) in [5, 5.41) is 8.69. The summed E-state index contributed by atoms with van der Waals surface area (Å²) in [6.07, 6.45) is 7.54. The fraction of sp³-hybridized carbons (Fsp3) is 0.292. The van der Waals surface area contributed by atoms with E-state index < -0.39 is 0 Å². The molecule has 0 saturated carbocycles. The van der Waals surface area contributed by atoms with Gasteiger partial charge in [0.15, 0.2) is 5.65 Å². The molecule has 1 aliphatic heterocycles. The zero-order valence-corrected chi connectivity index (χ0v) is 18.5. The minimum absolute atomic E-state index is 0.342. The first-order valence-electron chi connectivity index (χ1n) is 10.9. The third-order valence-electron chi connectivity index (χ3n) is 5.96. The van der Waals surface area contributed by atoms with Crippen molar-refractivity contribution in [3.05, 3.63) is 82.9 Å². The molecule has 1 unspecified atom stereocenters. The van der Waals surface area contributed by atoms with Gasteiger partial charge in [0, 0.05) is 55.2 Å². The smallest absolute Gasteiger partial charge is 0.150 e. The lowest BCUT2D eigenvalue weighted by atomic mass is 9.93. The van der Waals surface area contributed by atoms with E-state index >= 15 is 0 Å². The molecule has 4 heterocycles. The molecule has 6 nitrogen and oxygen atoms in total. The summed E-state index contributed by atoms with van der Waals surface area (Å²) < 4.78 is 1.78. The Bertz CT molecular complexity index is 1190. The predicted molar refractivity (Wildman–Crippen MR) is 129 cm³/mol. The zero-order chi connectivity index (χ0) is 21.9. The van der Waals surface area contributed by atoms with Crippen molar-refractivity contribution >= 4 is 36.4 Å². The highest BCUT2D eigenvalue weighted by molar-refractivity contribution is 6.36. The van der Waals surface area contributed by atoms with Crippen molar-refractivity contribution in [2.75, 3.05) is 18.4 Å². The van der Waals surface area contributed by atoms with E-state index in [0.717, 1.165) is 54.6 Å². The van der Waals surface area contributed by atoms with Gasteiger partial charge in [-0.15, -0.1) is 0 Å². The lowest BCUT2D eigenvalue weighted by Gasteiger charge is -2.32. The van der Waals surface area contributed by atoms with Crippen LogP contribution in [0.3, 0.4) is 0 Å². The van der Waals surface area contributed by atoms with Crippen molar-refractivity contribution in [2.24, 2.45) is 0 Å². The largest absolute Gasteiger partial charge is 0.366 e. The quantitative estimate of drug-likeness (QED) is 0.463. The Morgan fingerprint density at radius 1 is 1.12 bits per heavy atom. The fourth-order valence-corrected chi connectivity index (χ4v) is 4.44. The molecule has 1 aromatic carbocycles. The first-order valence-corrected chi connectivity index (χ1v) is 11.3. The Labute approximate surface area is 194 Å². The van der Waals surface area contributed by atoms with Crippen molar-refractivity contribution in [3.8, 4) is 0 Å². The molecule has 0 spiro atoms. The van der Waals surface area contributed by atoms with E-state index in [-0.39, 0.29) is 0 Å². The van der Waals surface area contributed by atoms with Gasteiger partial charge >= 0.3 is 0 Å².